The number of benzene rings is 2. The zero-order valence-corrected chi connectivity index (χ0v) is 14.6. The minimum Gasteiger partial charge on any atom is -0.463 e. The van der Waals surface area contributed by atoms with E-state index in [-0.39, 0.29) is 18.1 Å². The topological polar surface area (TPSA) is 35.5 Å². The zero-order chi connectivity index (χ0) is 19.2. The molecule has 0 heterocycles. The second kappa shape index (κ2) is 8.36. The van der Waals surface area contributed by atoms with Gasteiger partial charge in [-0.1, -0.05) is 67.6 Å². The molecule has 2 rings (SSSR count). The summed E-state index contributed by atoms with van der Waals surface area (Å²) in [6, 6.07) is 16.3. The van der Waals surface area contributed by atoms with Gasteiger partial charge >= 0.3 is 12.1 Å². The Balaban J connectivity index is 2.13. The Morgan fingerprint density at radius 2 is 1.54 bits per heavy atom. The van der Waals surface area contributed by atoms with E-state index in [4.69, 9.17) is 9.47 Å². The monoisotopic (exact) mass is 366 g/mol. The number of hydrogen-bond acceptors (Lipinski definition) is 3. The quantitative estimate of drug-likeness (QED) is 0.659. The van der Waals surface area contributed by atoms with Crippen LogP contribution in [0.1, 0.15) is 30.4 Å². The fraction of sp³-hybridized carbons (Fsp3) is 0.350. The van der Waals surface area contributed by atoms with Gasteiger partial charge in [0.25, 0.3) is 5.60 Å². The smallest absolute Gasteiger partial charge is 0.432 e. The minimum absolute atomic E-state index is 0.0450. The van der Waals surface area contributed by atoms with Crippen LogP contribution in [0.5, 0.6) is 0 Å². The predicted octanol–water partition coefficient (Wildman–Crippen LogP) is 4.83. The number of carbonyl (C=O) groups excluding carboxylic acids is 1. The maximum Gasteiger partial charge on any atom is 0.432 e. The van der Waals surface area contributed by atoms with Crippen LogP contribution in [-0.4, -0.2) is 25.9 Å². The van der Waals surface area contributed by atoms with Gasteiger partial charge in [-0.05, 0) is 17.9 Å². The number of esters is 1. The Morgan fingerprint density at radius 1 is 1.00 bits per heavy atom. The summed E-state index contributed by atoms with van der Waals surface area (Å²) in [6.07, 6.45) is -4.55. The normalized spacial score (nSPS) is 15.1. The van der Waals surface area contributed by atoms with Gasteiger partial charge in [0.2, 0.25) is 0 Å². The Kier molecular flexibility index (Phi) is 6.42. The van der Waals surface area contributed by atoms with E-state index in [9.17, 15) is 18.0 Å². The summed E-state index contributed by atoms with van der Waals surface area (Å²) in [5.74, 6) is -1.41. The van der Waals surface area contributed by atoms with E-state index in [0.717, 1.165) is 12.7 Å². The highest BCUT2D eigenvalue weighted by molar-refractivity contribution is 5.82. The summed E-state index contributed by atoms with van der Waals surface area (Å²) in [4.78, 5) is 12.4. The first-order chi connectivity index (χ1) is 12.3. The predicted molar refractivity (Wildman–Crippen MR) is 91.6 cm³/mol. The first-order valence-electron chi connectivity index (χ1n) is 8.22. The Bertz CT molecular complexity index is 701. The number of carbonyl (C=O) groups is 1. The highest BCUT2D eigenvalue weighted by Crippen LogP contribution is 2.43. The van der Waals surface area contributed by atoms with Crippen LogP contribution < -0.4 is 0 Å². The van der Waals surface area contributed by atoms with Gasteiger partial charge < -0.3 is 9.47 Å². The average molecular weight is 366 g/mol. The molecule has 0 aliphatic carbocycles. The van der Waals surface area contributed by atoms with Crippen LogP contribution in [0, 0.1) is 0 Å². The van der Waals surface area contributed by atoms with Crippen molar-refractivity contribution in [3.63, 3.8) is 0 Å². The molecular weight excluding hydrogens is 345 g/mol. The van der Waals surface area contributed by atoms with Crippen molar-refractivity contribution in [1.82, 2.24) is 0 Å². The number of alkyl halides is 3. The molecule has 1 unspecified atom stereocenters. The molecule has 0 amide bonds. The van der Waals surface area contributed by atoms with E-state index in [2.05, 4.69) is 0 Å². The maximum atomic E-state index is 13.7. The zero-order valence-electron chi connectivity index (χ0n) is 14.6. The summed E-state index contributed by atoms with van der Waals surface area (Å²) >= 11 is 0. The van der Waals surface area contributed by atoms with Crippen molar-refractivity contribution in [1.29, 1.82) is 0 Å². The van der Waals surface area contributed by atoms with Gasteiger partial charge in [-0.25, -0.2) is 4.79 Å². The largest absolute Gasteiger partial charge is 0.463 e. The lowest BCUT2D eigenvalue weighted by Crippen LogP contribution is -2.51. The van der Waals surface area contributed by atoms with Gasteiger partial charge in [0.1, 0.15) is 0 Å². The van der Waals surface area contributed by atoms with E-state index < -0.39 is 17.7 Å². The second-order valence-electron chi connectivity index (χ2n) is 5.99. The van der Waals surface area contributed by atoms with E-state index in [1.807, 2.05) is 37.3 Å². The number of halogens is 3. The second-order valence-corrected chi connectivity index (χ2v) is 5.99. The van der Waals surface area contributed by atoms with Gasteiger partial charge in [-0.15, -0.1) is 0 Å². The first-order valence-corrected chi connectivity index (χ1v) is 8.22. The molecule has 0 aliphatic rings. The standard InChI is InChI=1S/C20H21F3O3/c1-15(16-9-5-3-6-10-16)13-14-26-18(24)19(25-2,20(21,22)23)17-11-7-4-8-12-17/h3-12,15H,13-14H2,1-2H3/t15?,19-/m0/s1. The van der Waals surface area contributed by atoms with E-state index in [1.165, 1.54) is 24.3 Å². The van der Waals surface area contributed by atoms with Crippen LogP contribution in [-0.2, 0) is 19.9 Å². The molecule has 0 radical (unpaired) electrons. The van der Waals surface area contributed by atoms with Gasteiger partial charge in [0.05, 0.1) is 6.61 Å². The molecule has 0 aromatic heterocycles. The Morgan fingerprint density at radius 3 is 2.04 bits per heavy atom. The third-order valence-electron chi connectivity index (χ3n) is 4.33. The minimum atomic E-state index is -4.95. The lowest BCUT2D eigenvalue weighted by atomic mass is 9.92. The van der Waals surface area contributed by atoms with Crippen molar-refractivity contribution in [3.8, 4) is 0 Å². The molecule has 0 spiro atoms. The molecular formula is C20H21F3O3. The molecule has 3 nitrogen and oxygen atoms in total. The molecule has 0 N–H and O–H groups in total. The molecule has 26 heavy (non-hydrogen) atoms. The number of ether oxygens (including phenoxy) is 2. The van der Waals surface area contributed by atoms with Crippen molar-refractivity contribution < 1.29 is 27.4 Å². The highest BCUT2D eigenvalue weighted by atomic mass is 19.4. The van der Waals surface area contributed by atoms with Crippen molar-refractivity contribution in [2.24, 2.45) is 0 Å². The molecule has 0 fully saturated rings. The molecule has 0 bridgehead atoms. The summed E-state index contributed by atoms with van der Waals surface area (Å²) in [7, 11) is 0.855. The Labute approximate surface area is 150 Å². The number of hydrogen-bond donors (Lipinski definition) is 0. The SMILES string of the molecule is CO[C@](C(=O)OCCC(C)c1ccccc1)(c1ccccc1)C(F)(F)F. The van der Waals surface area contributed by atoms with Gasteiger partial charge in [-0.2, -0.15) is 13.2 Å². The van der Waals surface area contributed by atoms with Crippen LogP contribution in [0.2, 0.25) is 0 Å². The summed E-state index contributed by atoms with van der Waals surface area (Å²) < 4.78 is 50.9. The van der Waals surface area contributed by atoms with E-state index >= 15 is 0 Å². The van der Waals surface area contributed by atoms with Crippen molar-refractivity contribution in [3.05, 3.63) is 71.8 Å². The fourth-order valence-corrected chi connectivity index (χ4v) is 2.77. The van der Waals surface area contributed by atoms with Crippen molar-refractivity contribution >= 4 is 5.97 Å². The molecule has 2 aromatic carbocycles. The molecule has 6 heteroatoms. The number of rotatable bonds is 7. The third-order valence-corrected chi connectivity index (χ3v) is 4.33. The van der Waals surface area contributed by atoms with Crippen LogP contribution in [0.4, 0.5) is 13.2 Å². The summed E-state index contributed by atoms with van der Waals surface area (Å²) in [5, 5.41) is 0. The van der Waals surface area contributed by atoms with Gasteiger partial charge in [-0.3, -0.25) is 0 Å². The van der Waals surface area contributed by atoms with Crippen molar-refractivity contribution in [2.45, 2.75) is 31.0 Å². The third kappa shape index (κ3) is 4.07. The van der Waals surface area contributed by atoms with Gasteiger partial charge in [0, 0.05) is 12.7 Å². The maximum absolute atomic E-state index is 13.7. The van der Waals surface area contributed by atoms with Crippen LogP contribution in [0.3, 0.4) is 0 Å². The fourth-order valence-electron chi connectivity index (χ4n) is 2.77. The first kappa shape index (κ1) is 20.0. The summed E-state index contributed by atoms with van der Waals surface area (Å²) in [5.41, 5.74) is -2.42. The number of methoxy groups -OCH3 is 1. The lowest BCUT2D eigenvalue weighted by Gasteiger charge is -2.32. The average Bonchev–Trinajstić information content (AvgIpc) is 2.63. The molecule has 0 aliphatic heterocycles. The Hall–Kier alpha value is -2.34. The lowest BCUT2D eigenvalue weighted by molar-refractivity contribution is -0.276. The highest BCUT2D eigenvalue weighted by Gasteiger charge is 2.64. The van der Waals surface area contributed by atoms with Crippen LogP contribution in [0.15, 0.2) is 60.7 Å². The molecule has 2 aromatic rings. The van der Waals surface area contributed by atoms with Crippen LogP contribution >= 0.6 is 0 Å². The van der Waals surface area contributed by atoms with Gasteiger partial charge in [0.15, 0.2) is 0 Å². The molecule has 0 saturated carbocycles. The van der Waals surface area contributed by atoms with Crippen molar-refractivity contribution in [2.75, 3.05) is 13.7 Å². The summed E-state index contributed by atoms with van der Waals surface area (Å²) in [6.45, 7) is 1.79. The van der Waals surface area contributed by atoms with E-state index in [1.54, 1.807) is 6.07 Å². The van der Waals surface area contributed by atoms with Crippen LogP contribution in [0.25, 0.3) is 0 Å². The molecule has 0 saturated heterocycles. The molecule has 2 atom stereocenters. The molecule has 140 valence electrons. The van der Waals surface area contributed by atoms with E-state index in [0.29, 0.717) is 6.42 Å².